The molecular formula is C16H30ClN3O2. The molecule has 1 saturated carbocycles. The molecule has 1 aliphatic carbocycles. The standard InChI is InChI=1S/C16H29N3O2.ClH/c17-10-9-15(20)18-12-14-6-1-2-11-19(14)16(21)8-7-13-4-3-5-13;/h13-14H,1-12,17H2,(H,18,20);1H. The van der Waals surface area contributed by atoms with Crippen LogP contribution in [0, 0.1) is 5.92 Å². The zero-order chi connectivity index (χ0) is 15.1. The van der Waals surface area contributed by atoms with Gasteiger partial charge in [0.25, 0.3) is 0 Å². The smallest absolute Gasteiger partial charge is 0.222 e. The molecule has 3 N–H and O–H groups in total. The van der Waals surface area contributed by atoms with Crippen molar-refractivity contribution >= 4 is 24.2 Å². The Morgan fingerprint density at radius 2 is 1.86 bits per heavy atom. The van der Waals surface area contributed by atoms with Gasteiger partial charge in [0.15, 0.2) is 0 Å². The fraction of sp³-hybridized carbons (Fsp3) is 0.875. The second-order valence-electron chi connectivity index (χ2n) is 6.42. The lowest BCUT2D eigenvalue weighted by Gasteiger charge is -2.36. The Morgan fingerprint density at radius 3 is 2.50 bits per heavy atom. The largest absolute Gasteiger partial charge is 0.354 e. The molecule has 128 valence electrons. The molecule has 1 atom stereocenters. The molecule has 1 aliphatic heterocycles. The molecule has 0 aromatic heterocycles. The highest BCUT2D eigenvalue weighted by atomic mass is 35.5. The number of amides is 2. The SMILES string of the molecule is Cl.NCCC(=O)NCC1CCCCN1C(=O)CCC1CCC1. The van der Waals surface area contributed by atoms with E-state index in [1.54, 1.807) is 0 Å². The van der Waals surface area contributed by atoms with E-state index in [1.807, 2.05) is 4.90 Å². The Labute approximate surface area is 139 Å². The summed E-state index contributed by atoms with van der Waals surface area (Å²) >= 11 is 0. The van der Waals surface area contributed by atoms with Crippen LogP contribution in [0.3, 0.4) is 0 Å². The number of piperidine rings is 1. The maximum atomic E-state index is 12.4. The second kappa shape index (κ2) is 10.1. The van der Waals surface area contributed by atoms with Gasteiger partial charge in [0.1, 0.15) is 0 Å². The molecule has 1 heterocycles. The summed E-state index contributed by atoms with van der Waals surface area (Å²) in [6.07, 6.45) is 9.24. The summed E-state index contributed by atoms with van der Waals surface area (Å²) in [5.41, 5.74) is 5.37. The number of nitrogens with two attached hydrogens (primary N) is 1. The number of carbonyl (C=O) groups excluding carboxylic acids is 2. The molecule has 2 rings (SSSR count). The lowest BCUT2D eigenvalue weighted by Crippen LogP contribution is -2.49. The van der Waals surface area contributed by atoms with Gasteiger partial charge in [0, 0.05) is 38.5 Å². The van der Waals surface area contributed by atoms with Gasteiger partial charge in [-0.1, -0.05) is 19.3 Å². The fourth-order valence-electron chi connectivity index (χ4n) is 3.24. The van der Waals surface area contributed by atoms with Gasteiger partial charge >= 0.3 is 0 Å². The molecule has 1 unspecified atom stereocenters. The van der Waals surface area contributed by atoms with Crippen LogP contribution < -0.4 is 11.1 Å². The Hall–Kier alpha value is -0.810. The van der Waals surface area contributed by atoms with Crippen molar-refractivity contribution in [2.45, 2.75) is 63.8 Å². The van der Waals surface area contributed by atoms with Gasteiger partial charge in [-0.05, 0) is 31.6 Å². The summed E-state index contributed by atoms with van der Waals surface area (Å²) in [6, 6.07) is 0.175. The Bertz CT molecular complexity index is 361. The van der Waals surface area contributed by atoms with E-state index in [0.29, 0.717) is 25.9 Å². The van der Waals surface area contributed by atoms with Crippen molar-refractivity contribution in [1.82, 2.24) is 10.2 Å². The highest BCUT2D eigenvalue weighted by molar-refractivity contribution is 5.85. The van der Waals surface area contributed by atoms with Crippen molar-refractivity contribution in [2.75, 3.05) is 19.6 Å². The summed E-state index contributed by atoms with van der Waals surface area (Å²) in [5.74, 6) is 1.05. The van der Waals surface area contributed by atoms with E-state index in [9.17, 15) is 9.59 Å². The van der Waals surface area contributed by atoms with E-state index in [0.717, 1.165) is 38.1 Å². The minimum atomic E-state index is -0.00931. The van der Waals surface area contributed by atoms with E-state index in [-0.39, 0.29) is 30.3 Å². The predicted molar refractivity (Wildman–Crippen MR) is 89.9 cm³/mol. The summed E-state index contributed by atoms with van der Waals surface area (Å²) in [7, 11) is 0. The first-order valence-corrected chi connectivity index (χ1v) is 8.47. The number of hydrogen-bond acceptors (Lipinski definition) is 3. The van der Waals surface area contributed by atoms with Crippen molar-refractivity contribution in [3.05, 3.63) is 0 Å². The molecule has 2 amide bonds. The molecule has 2 fully saturated rings. The van der Waals surface area contributed by atoms with E-state index < -0.39 is 0 Å². The lowest BCUT2D eigenvalue weighted by atomic mass is 9.82. The number of rotatable bonds is 7. The van der Waals surface area contributed by atoms with Gasteiger partial charge in [0.05, 0.1) is 0 Å². The molecule has 5 nitrogen and oxygen atoms in total. The van der Waals surface area contributed by atoms with Crippen LogP contribution in [0.4, 0.5) is 0 Å². The quantitative estimate of drug-likeness (QED) is 0.747. The van der Waals surface area contributed by atoms with Crippen LogP contribution in [-0.4, -0.2) is 42.4 Å². The van der Waals surface area contributed by atoms with Crippen molar-refractivity contribution in [3.63, 3.8) is 0 Å². The third-order valence-corrected chi connectivity index (χ3v) is 4.84. The maximum absolute atomic E-state index is 12.4. The average molecular weight is 332 g/mol. The van der Waals surface area contributed by atoms with Gasteiger partial charge < -0.3 is 16.0 Å². The molecule has 0 spiro atoms. The third kappa shape index (κ3) is 5.76. The molecular weight excluding hydrogens is 302 g/mol. The third-order valence-electron chi connectivity index (χ3n) is 4.84. The van der Waals surface area contributed by atoms with Crippen molar-refractivity contribution < 1.29 is 9.59 Å². The van der Waals surface area contributed by atoms with Crippen LogP contribution in [0.15, 0.2) is 0 Å². The number of nitrogens with one attached hydrogen (secondary N) is 1. The molecule has 0 radical (unpaired) electrons. The number of nitrogens with zero attached hydrogens (tertiary/aromatic N) is 1. The van der Waals surface area contributed by atoms with E-state index in [1.165, 1.54) is 19.3 Å². The molecule has 2 aliphatic rings. The van der Waals surface area contributed by atoms with Crippen LogP contribution in [0.25, 0.3) is 0 Å². The first-order chi connectivity index (χ1) is 10.2. The minimum Gasteiger partial charge on any atom is -0.354 e. The van der Waals surface area contributed by atoms with E-state index in [2.05, 4.69) is 5.32 Å². The minimum absolute atomic E-state index is 0. The van der Waals surface area contributed by atoms with Crippen LogP contribution >= 0.6 is 12.4 Å². The first-order valence-electron chi connectivity index (χ1n) is 8.47. The van der Waals surface area contributed by atoms with Crippen molar-refractivity contribution in [3.8, 4) is 0 Å². The fourth-order valence-corrected chi connectivity index (χ4v) is 3.24. The first kappa shape index (κ1) is 19.2. The van der Waals surface area contributed by atoms with E-state index in [4.69, 9.17) is 5.73 Å². The van der Waals surface area contributed by atoms with Gasteiger partial charge in [0.2, 0.25) is 11.8 Å². The topological polar surface area (TPSA) is 75.4 Å². The average Bonchev–Trinajstić information content (AvgIpc) is 2.44. The van der Waals surface area contributed by atoms with Crippen molar-refractivity contribution in [1.29, 1.82) is 0 Å². The van der Waals surface area contributed by atoms with Crippen LogP contribution in [0.1, 0.15) is 57.8 Å². The summed E-state index contributed by atoms with van der Waals surface area (Å²) < 4.78 is 0. The monoisotopic (exact) mass is 331 g/mol. The highest BCUT2D eigenvalue weighted by Gasteiger charge is 2.27. The van der Waals surface area contributed by atoms with Crippen LogP contribution in [0.2, 0.25) is 0 Å². The molecule has 0 aromatic carbocycles. The lowest BCUT2D eigenvalue weighted by molar-refractivity contribution is -0.136. The highest BCUT2D eigenvalue weighted by Crippen LogP contribution is 2.31. The summed E-state index contributed by atoms with van der Waals surface area (Å²) in [5, 5.41) is 2.91. The van der Waals surface area contributed by atoms with Gasteiger partial charge in [-0.2, -0.15) is 0 Å². The zero-order valence-electron chi connectivity index (χ0n) is 13.4. The number of halogens is 1. The summed E-state index contributed by atoms with van der Waals surface area (Å²) in [4.78, 5) is 26.0. The molecule has 0 aromatic rings. The van der Waals surface area contributed by atoms with Gasteiger partial charge in [-0.3, -0.25) is 9.59 Å². The second-order valence-corrected chi connectivity index (χ2v) is 6.42. The summed E-state index contributed by atoms with van der Waals surface area (Å²) in [6.45, 7) is 1.80. The predicted octanol–water partition coefficient (Wildman–Crippen LogP) is 1.83. The normalized spacial score (nSPS) is 21.7. The number of carbonyl (C=O) groups is 2. The van der Waals surface area contributed by atoms with Crippen LogP contribution in [-0.2, 0) is 9.59 Å². The molecule has 6 heteroatoms. The molecule has 0 bridgehead atoms. The number of likely N-dealkylation sites (tertiary alicyclic amines) is 1. The molecule has 22 heavy (non-hydrogen) atoms. The Kier molecular flexibility index (Phi) is 8.79. The zero-order valence-corrected chi connectivity index (χ0v) is 14.2. The van der Waals surface area contributed by atoms with Gasteiger partial charge in [-0.25, -0.2) is 0 Å². The molecule has 1 saturated heterocycles. The van der Waals surface area contributed by atoms with E-state index >= 15 is 0 Å². The Morgan fingerprint density at radius 1 is 1.09 bits per heavy atom. The number of hydrogen-bond donors (Lipinski definition) is 2. The van der Waals surface area contributed by atoms with Crippen LogP contribution in [0.5, 0.6) is 0 Å². The maximum Gasteiger partial charge on any atom is 0.222 e. The van der Waals surface area contributed by atoms with Gasteiger partial charge in [-0.15, -0.1) is 12.4 Å². The van der Waals surface area contributed by atoms with Crippen molar-refractivity contribution in [2.24, 2.45) is 11.7 Å². The Balaban J connectivity index is 0.00000242.